The normalized spacial score (nSPS) is 12.8. The molecule has 0 aliphatic rings. The third-order valence-electron chi connectivity index (χ3n) is 3.27. The van der Waals surface area contributed by atoms with Crippen molar-refractivity contribution >= 4 is 17.3 Å². The second-order valence-electron chi connectivity index (χ2n) is 4.78. The van der Waals surface area contributed by atoms with E-state index in [1.165, 1.54) is 0 Å². The Labute approximate surface area is 115 Å². The van der Waals surface area contributed by atoms with Crippen LogP contribution in [0.2, 0.25) is 0 Å². The zero-order valence-electron chi connectivity index (χ0n) is 11.6. The molecule has 104 valence electrons. The first-order valence-electron chi connectivity index (χ1n) is 6.34. The van der Waals surface area contributed by atoms with E-state index >= 15 is 0 Å². The first kappa shape index (κ1) is 12.5. The molecule has 3 heterocycles. The molecule has 7 nitrogen and oxygen atoms in total. The predicted molar refractivity (Wildman–Crippen MR) is 75.4 cm³/mol. The van der Waals surface area contributed by atoms with Gasteiger partial charge in [-0.25, -0.2) is 9.97 Å². The van der Waals surface area contributed by atoms with Crippen LogP contribution in [0.5, 0.6) is 0 Å². The zero-order chi connectivity index (χ0) is 14.3. The summed E-state index contributed by atoms with van der Waals surface area (Å²) in [5.41, 5.74) is 8.43. The van der Waals surface area contributed by atoms with E-state index in [9.17, 15) is 0 Å². The van der Waals surface area contributed by atoms with Crippen molar-refractivity contribution in [3.05, 3.63) is 35.6 Å². The van der Waals surface area contributed by atoms with E-state index in [2.05, 4.69) is 20.4 Å². The van der Waals surface area contributed by atoms with Gasteiger partial charge in [-0.15, -0.1) is 0 Å². The lowest BCUT2D eigenvalue weighted by Crippen LogP contribution is -2.11. The van der Waals surface area contributed by atoms with Crippen LogP contribution in [0.25, 0.3) is 5.65 Å². The summed E-state index contributed by atoms with van der Waals surface area (Å²) < 4.78 is 7.03. The number of fused-ring (bicyclic) bond motifs is 1. The van der Waals surface area contributed by atoms with Crippen LogP contribution in [0.3, 0.4) is 0 Å². The van der Waals surface area contributed by atoms with Gasteiger partial charge in [0.1, 0.15) is 11.6 Å². The molecule has 3 aromatic rings. The summed E-state index contributed by atoms with van der Waals surface area (Å²) in [5, 5.41) is 7.29. The maximum absolute atomic E-state index is 5.81. The lowest BCUT2D eigenvalue weighted by molar-refractivity contribution is 0.392. The Balaban J connectivity index is 1.99. The lowest BCUT2D eigenvalue weighted by Gasteiger charge is -2.15. The second kappa shape index (κ2) is 4.52. The van der Waals surface area contributed by atoms with E-state index in [0.717, 1.165) is 22.7 Å². The van der Waals surface area contributed by atoms with E-state index in [-0.39, 0.29) is 6.04 Å². The second-order valence-corrected chi connectivity index (χ2v) is 4.78. The SMILES string of the molecule is Cc1noc(C)c1C(C)Nc1nc(N)cn2ccnc12. The highest BCUT2D eigenvalue weighted by molar-refractivity contribution is 5.65. The van der Waals surface area contributed by atoms with Gasteiger partial charge in [0.2, 0.25) is 0 Å². The van der Waals surface area contributed by atoms with Gasteiger partial charge in [-0.05, 0) is 20.8 Å². The summed E-state index contributed by atoms with van der Waals surface area (Å²) in [6.07, 6.45) is 5.27. The van der Waals surface area contributed by atoms with Gasteiger partial charge in [-0.3, -0.25) is 0 Å². The maximum Gasteiger partial charge on any atom is 0.180 e. The molecule has 0 radical (unpaired) electrons. The van der Waals surface area contributed by atoms with Crippen molar-refractivity contribution in [2.45, 2.75) is 26.8 Å². The van der Waals surface area contributed by atoms with Crippen molar-refractivity contribution in [2.24, 2.45) is 0 Å². The summed E-state index contributed by atoms with van der Waals surface area (Å²) in [6.45, 7) is 5.84. The van der Waals surface area contributed by atoms with Gasteiger partial charge < -0.3 is 20.0 Å². The summed E-state index contributed by atoms with van der Waals surface area (Å²) in [5.74, 6) is 1.87. The first-order valence-corrected chi connectivity index (χ1v) is 6.34. The van der Waals surface area contributed by atoms with Crippen LogP contribution in [0.4, 0.5) is 11.6 Å². The van der Waals surface area contributed by atoms with Crippen LogP contribution in [-0.2, 0) is 0 Å². The number of nitrogens with one attached hydrogen (secondary N) is 1. The van der Waals surface area contributed by atoms with Gasteiger partial charge in [-0.2, -0.15) is 0 Å². The lowest BCUT2D eigenvalue weighted by atomic mass is 10.1. The molecule has 0 amide bonds. The van der Waals surface area contributed by atoms with Gasteiger partial charge in [-0.1, -0.05) is 5.16 Å². The third kappa shape index (κ3) is 1.97. The molecular formula is C13H16N6O. The molecule has 0 aliphatic heterocycles. The molecule has 0 spiro atoms. The first-order chi connectivity index (χ1) is 9.56. The molecule has 3 aromatic heterocycles. The Bertz CT molecular complexity index is 740. The van der Waals surface area contributed by atoms with Crippen LogP contribution < -0.4 is 11.1 Å². The Kier molecular flexibility index (Phi) is 2.81. The quantitative estimate of drug-likeness (QED) is 0.758. The highest BCUT2D eigenvalue weighted by Crippen LogP contribution is 2.26. The fraction of sp³-hybridized carbons (Fsp3) is 0.308. The largest absolute Gasteiger partial charge is 0.382 e. The summed E-state index contributed by atoms with van der Waals surface area (Å²) >= 11 is 0. The molecule has 0 fully saturated rings. The highest BCUT2D eigenvalue weighted by Gasteiger charge is 2.18. The van der Waals surface area contributed by atoms with Gasteiger partial charge in [0.15, 0.2) is 11.5 Å². The van der Waals surface area contributed by atoms with Crippen LogP contribution in [0, 0.1) is 13.8 Å². The Hall–Kier alpha value is -2.57. The van der Waals surface area contributed by atoms with Gasteiger partial charge in [0.25, 0.3) is 0 Å². The Morgan fingerprint density at radius 3 is 2.90 bits per heavy atom. The molecule has 3 N–H and O–H groups in total. The molecule has 20 heavy (non-hydrogen) atoms. The van der Waals surface area contributed by atoms with Gasteiger partial charge in [0.05, 0.1) is 17.9 Å². The van der Waals surface area contributed by atoms with Crippen LogP contribution >= 0.6 is 0 Å². The van der Waals surface area contributed by atoms with Crippen molar-refractivity contribution in [1.29, 1.82) is 0 Å². The molecule has 0 aromatic carbocycles. The van der Waals surface area contributed by atoms with Crippen LogP contribution in [0.15, 0.2) is 23.1 Å². The minimum Gasteiger partial charge on any atom is -0.382 e. The van der Waals surface area contributed by atoms with E-state index < -0.39 is 0 Å². The predicted octanol–water partition coefficient (Wildman–Crippen LogP) is 2.09. The molecule has 3 rings (SSSR count). The number of aromatic nitrogens is 4. The molecular weight excluding hydrogens is 256 g/mol. The van der Waals surface area contributed by atoms with E-state index in [4.69, 9.17) is 10.3 Å². The number of nitrogens with zero attached hydrogens (tertiary/aromatic N) is 4. The summed E-state index contributed by atoms with van der Waals surface area (Å²) in [7, 11) is 0. The molecule has 7 heteroatoms. The molecule has 0 saturated heterocycles. The molecule has 0 aliphatic carbocycles. The number of anilines is 2. The fourth-order valence-corrected chi connectivity index (χ4v) is 2.43. The standard InChI is InChI=1S/C13H16N6O/c1-7(11-8(2)18-20-9(11)3)16-12-13-15-4-5-19(13)6-10(14)17-12/h4-7H,14H2,1-3H3,(H,16,17). The topological polar surface area (TPSA) is 94.3 Å². The number of hydrogen-bond donors (Lipinski definition) is 2. The maximum atomic E-state index is 5.81. The van der Waals surface area contributed by atoms with Gasteiger partial charge in [0, 0.05) is 18.0 Å². The number of nitrogen functional groups attached to an aromatic ring is 1. The average molecular weight is 272 g/mol. The Morgan fingerprint density at radius 2 is 2.20 bits per heavy atom. The molecule has 0 saturated carbocycles. The van der Waals surface area contributed by atoms with Gasteiger partial charge >= 0.3 is 0 Å². The van der Waals surface area contributed by atoms with Crippen molar-refractivity contribution < 1.29 is 4.52 Å². The molecule has 1 unspecified atom stereocenters. The average Bonchev–Trinajstić information content (AvgIpc) is 2.96. The fourth-order valence-electron chi connectivity index (χ4n) is 2.43. The van der Waals surface area contributed by atoms with Crippen LogP contribution in [0.1, 0.15) is 30.0 Å². The summed E-state index contributed by atoms with van der Waals surface area (Å²) in [4.78, 5) is 8.60. The Morgan fingerprint density at radius 1 is 1.40 bits per heavy atom. The number of hydrogen-bond acceptors (Lipinski definition) is 6. The smallest absolute Gasteiger partial charge is 0.180 e. The van der Waals surface area contributed by atoms with E-state index in [0.29, 0.717) is 11.6 Å². The minimum absolute atomic E-state index is 0.00366. The molecule has 0 bridgehead atoms. The molecule has 1 atom stereocenters. The van der Waals surface area contributed by atoms with Crippen molar-refractivity contribution in [1.82, 2.24) is 19.5 Å². The van der Waals surface area contributed by atoms with Crippen molar-refractivity contribution in [3.63, 3.8) is 0 Å². The number of aryl methyl sites for hydroxylation is 2. The minimum atomic E-state index is -0.00366. The zero-order valence-corrected chi connectivity index (χ0v) is 11.6. The number of imidazole rings is 1. The summed E-state index contributed by atoms with van der Waals surface area (Å²) in [6, 6.07) is -0.00366. The van der Waals surface area contributed by atoms with E-state index in [1.54, 1.807) is 12.4 Å². The van der Waals surface area contributed by atoms with Crippen LogP contribution in [-0.4, -0.2) is 19.5 Å². The number of nitrogens with two attached hydrogens (primary N) is 1. The monoisotopic (exact) mass is 272 g/mol. The van der Waals surface area contributed by atoms with Crippen molar-refractivity contribution in [2.75, 3.05) is 11.1 Å². The van der Waals surface area contributed by atoms with Crippen molar-refractivity contribution in [3.8, 4) is 0 Å². The van der Waals surface area contributed by atoms with E-state index in [1.807, 2.05) is 31.4 Å². The highest BCUT2D eigenvalue weighted by atomic mass is 16.5. The third-order valence-corrected chi connectivity index (χ3v) is 3.27. The number of rotatable bonds is 3.